The molecular formula is C17H22ClN3OS. The van der Waals surface area contributed by atoms with Crippen molar-refractivity contribution >= 4 is 22.9 Å². The molecule has 124 valence electrons. The number of hydrogen-bond acceptors (Lipinski definition) is 4. The van der Waals surface area contributed by atoms with E-state index in [0.29, 0.717) is 6.04 Å². The minimum absolute atomic E-state index is 0.213. The van der Waals surface area contributed by atoms with Crippen LogP contribution >= 0.6 is 22.9 Å². The van der Waals surface area contributed by atoms with Gasteiger partial charge >= 0.3 is 0 Å². The zero-order chi connectivity index (χ0) is 16.2. The third kappa shape index (κ3) is 2.64. The predicted molar refractivity (Wildman–Crippen MR) is 93.2 cm³/mol. The van der Waals surface area contributed by atoms with Crippen LogP contribution in [0.25, 0.3) is 0 Å². The average molecular weight is 352 g/mol. The summed E-state index contributed by atoms with van der Waals surface area (Å²) in [4.78, 5) is 1.33. The second-order valence-electron chi connectivity index (χ2n) is 6.86. The summed E-state index contributed by atoms with van der Waals surface area (Å²) in [7, 11) is 2.00. The Morgan fingerprint density at radius 3 is 3.00 bits per heavy atom. The van der Waals surface area contributed by atoms with Crippen molar-refractivity contribution in [3.05, 3.63) is 38.3 Å². The van der Waals surface area contributed by atoms with Gasteiger partial charge in [0.05, 0.1) is 22.7 Å². The highest BCUT2D eigenvalue weighted by atomic mass is 35.5. The zero-order valence-electron chi connectivity index (χ0n) is 13.7. The highest BCUT2D eigenvalue weighted by Crippen LogP contribution is 2.49. The molecule has 1 spiro atoms. The Bertz CT molecular complexity index is 721. The first-order valence-electron chi connectivity index (χ1n) is 8.16. The quantitative estimate of drug-likeness (QED) is 0.851. The number of piperidine rings is 1. The molecule has 0 saturated carbocycles. The number of ether oxygens (including phenoxy) is 1. The lowest BCUT2D eigenvalue weighted by Gasteiger charge is -2.45. The second-order valence-corrected chi connectivity index (χ2v) is 8.54. The smallest absolute Gasteiger partial charge is 0.106 e. The first kappa shape index (κ1) is 15.6. The van der Waals surface area contributed by atoms with Gasteiger partial charge < -0.3 is 10.1 Å². The molecule has 0 aromatic carbocycles. The number of nitrogens with one attached hydrogen (secondary N) is 1. The number of nitrogens with zero attached hydrogens (tertiary/aromatic N) is 2. The second kappa shape index (κ2) is 5.59. The van der Waals surface area contributed by atoms with E-state index in [0.717, 1.165) is 35.9 Å². The standard InChI is InChI=1S/C17H22ClN3OS/c1-10-8-17(16-12(4-5-22-17)7-15(18)23-16)9-14(19-10)13-6-11(2)21(3)20-13/h6-7,10,14,19H,4-5,8-9H2,1-3H3. The van der Waals surface area contributed by atoms with Gasteiger partial charge in [0.1, 0.15) is 5.60 Å². The van der Waals surface area contributed by atoms with E-state index in [1.54, 1.807) is 11.3 Å². The molecule has 4 heterocycles. The fraction of sp³-hybridized carbons (Fsp3) is 0.588. The van der Waals surface area contributed by atoms with Crippen molar-refractivity contribution in [3.8, 4) is 0 Å². The molecule has 2 aliphatic heterocycles. The summed E-state index contributed by atoms with van der Waals surface area (Å²) >= 11 is 7.99. The van der Waals surface area contributed by atoms with E-state index in [4.69, 9.17) is 16.3 Å². The molecule has 1 N–H and O–H groups in total. The molecule has 0 aliphatic carbocycles. The van der Waals surface area contributed by atoms with E-state index >= 15 is 0 Å². The van der Waals surface area contributed by atoms with Gasteiger partial charge in [-0.2, -0.15) is 5.10 Å². The van der Waals surface area contributed by atoms with Crippen molar-refractivity contribution in [2.24, 2.45) is 7.05 Å². The largest absolute Gasteiger partial charge is 0.369 e. The van der Waals surface area contributed by atoms with Gasteiger partial charge in [0.15, 0.2) is 0 Å². The number of hydrogen-bond donors (Lipinski definition) is 1. The van der Waals surface area contributed by atoms with Gasteiger partial charge in [0, 0.05) is 30.1 Å². The minimum Gasteiger partial charge on any atom is -0.369 e. The molecule has 1 fully saturated rings. The minimum atomic E-state index is -0.216. The van der Waals surface area contributed by atoms with Crippen molar-refractivity contribution in [2.75, 3.05) is 6.61 Å². The first-order valence-corrected chi connectivity index (χ1v) is 9.35. The lowest BCUT2D eigenvalue weighted by molar-refractivity contribution is -0.0958. The molecule has 3 unspecified atom stereocenters. The molecule has 4 nitrogen and oxygen atoms in total. The molecule has 1 saturated heterocycles. The molecular weight excluding hydrogens is 330 g/mol. The first-order chi connectivity index (χ1) is 11.0. The van der Waals surface area contributed by atoms with Crippen LogP contribution in [0.3, 0.4) is 0 Å². The third-order valence-corrected chi connectivity index (χ3v) is 6.58. The monoisotopic (exact) mass is 351 g/mol. The molecule has 0 amide bonds. The summed E-state index contributed by atoms with van der Waals surface area (Å²) < 4.78 is 9.20. The number of thiophene rings is 1. The van der Waals surface area contributed by atoms with Crippen LogP contribution in [0.1, 0.15) is 47.6 Å². The van der Waals surface area contributed by atoms with Crippen LogP contribution in [0.15, 0.2) is 12.1 Å². The fourth-order valence-electron chi connectivity index (χ4n) is 4.01. The highest BCUT2D eigenvalue weighted by molar-refractivity contribution is 7.16. The molecule has 6 heteroatoms. The fourth-order valence-corrected chi connectivity index (χ4v) is 5.47. The van der Waals surface area contributed by atoms with E-state index in [-0.39, 0.29) is 11.6 Å². The van der Waals surface area contributed by atoms with Crippen molar-refractivity contribution in [2.45, 2.75) is 50.8 Å². The summed E-state index contributed by atoms with van der Waals surface area (Å²) in [6.07, 6.45) is 2.87. The molecule has 23 heavy (non-hydrogen) atoms. The van der Waals surface area contributed by atoms with E-state index in [1.165, 1.54) is 16.1 Å². The highest BCUT2D eigenvalue weighted by Gasteiger charge is 2.46. The molecule has 2 aromatic heterocycles. The van der Waals surface area contributed by atoms with Crippen LogP contribution in [0.2, 0.25) is 4.34 Å². The Labute approximate surface area is 145 Å². The number of fused-ring (bicyclic) bond motifs is 2. The molecule has 0 radical (unpaired) electrons. The van der Waals surface area contributed by atoms with Gasteiger partial charge in [-0.1, -0.05) is 11.6 Å². The Hall–Kier alpha value is -0.880. The Morgan fingerprint density at radius 1 is 1.43 bits per heavy atom. The van der Waals surface area contributed by atoms with Crippen molar-refractivity contribution < 1.29 is 4.74 Å². The van der Waals surface area contributed by atoms with Gasteiger partial charge in [0.25, 0.3) is 0 Å². The van der Waals surface area contributed by atoms with Crippen molar-refractivity contribution in [1.29, 1.82) is 0 Å². The van der Waals surface area contributed by atoms with E-state index < -0.39 is 0 Å². The normalized spacial score (nSPS) is 30.6. The van der Waals surface area contributed by atoms with Gasteiger partial charge in [-0.15, -0.1) is 11.3 Å². The molecule has 0 bridgehead atoms. The summed E-state index contributed by atoms with van der Waals surface area (Å²) in [6.45, 7) is 5.10. The maximum Gasteiger partial charge on any atom is 0.106 e. The van der Waals surface area contributed by atoms with Crippen molar-refractivity contribution in [1.82, 2.24) is 15.1 Å². The average Bonchev–Trinajstić information content (AvgIpc) is 3.02. The summed E-state index contributed by atoms with van der Waals surface area (Å²) in [6, 6.07) is 4.89. The Morgan fingerprint density at radius 2 is 2.26 bits per heavy atom. The summed E-state index contributed by atoms with van der Waals surface area (Å²) in [5.41, 5.74) is 3.44. The Balaban J connectivity index is 1.72. The van der Waals surface area contributed by atoms with Crippen LogP contribution in [0.5, 0.6) is 0 Å². The molecule has 4 rings (SSSR count). The van der Waals surface area contributed by atoms with E-state index in [1.807, 2.05) is 11.7 Å². The van der Waals surface area contributed by atoms with Crippen LogP contribution in [-0.4, -0.2) is 22.4 Å². The van der Waals surface area contributed by atoms with Gasteiger partial charge in [0.2, 0.25) is 0 Å². The number of aromatic nitrogens is 2. The van der Waals surface area contributed by atoms with E-state index in [9.17, 15) is 0 Å². The Kier molecular flexibility index (Phi) is 3.80. The number of aryl methyl sites for hydroxylation is 2. The van der Waals surface area contributed by atoms with Crippen LogP contribution in [-0.2, 0) is 23.8 Å². The maximum absolute atomic E-state index is 6.38. The third-order valence-electron chi connectivity index (χ3n) is 5.09. The van der Waals surface area contributed by atoms with Gasteiger partial charge in [-0.3, -0.25) is 4.68 Å². The topological polar surface area (TPSA) is 39.1 Å². The van der Waals surface area contributed by atoms with Crippen LogP contribution in [0.4, 0.5) is 0 Å². The van der Waals surface area contributed by atoms with Gasteiger partial charge in [-0.25, -0.2) is 0 Å². The van der Waals surface area contributed by atoms with E-state index in [2.05, 4.69) is 36.4 Å². The van der Waals surface area contributed by atoms with Crippen molar-refractivity contribution in [3.63, 3.8) is 0 Å². The SMILES string of the molecule is Cc1cc(C2CC3(CC(C)N2)OCCc2cc(Cl)sc23)nn1C. The van der Waals surface area contributed by atoms with Crippen LogP contribution < -0.4 is 5.32 Å². The molecule has 2 aliphatic rings. The number of rotatable bonds is 1. The lowest BCUT2D eigenvalue weighted by atomic mass is 9.79. The maximum atomic E-state index is 6.38. The zero-order valence-corrected chi connectivity index (χ0v) is 15.3. The molecule has 3 atom stereocenters. The summed E-state index contributed by atoms with van der Waals surface area (Å²) in [5, 5.41) is 8.38. The van der Waals surface area contributed by atoms with Gasteiger partial charge in [-0.05, 0) is 44.4 Å². The summed E-state index contributed by atoms with van der Waals surface area (Å²) in [5.74, 6) is 0. The predicted octanol–water partition coefficient (Wildman–Crippen LogP) is 3.72. The number of halogens is 1. The van der Waals surface area contributed by atoms with Crippen LogP contribution in [0, 0.1) is 6.92 Å². The lowest BCUT2D eigenvalue weighted by Crippen LogP contribution is -2.49. The molecule has 2 aromatic rings.